The van der Waals surface area contributed by atoms with Gasteiger partial charge in [0.1, 0.15) is 11.8 Å². The molecule has 3 heterocycles. The summed E-state index contributed by atoms with van der Waals surface area (Å²) >= 11 is 0. The Kier molecular flexibility index (Phi) is 11.9. The van der Waals surface area contributed by atoms with Gasteiger partial charge in [-0.05, 0) is 48.9 Å². The highest BCUT2D eigenvalue weighted by Gasteiger charge is 2.44. The highest BCUT2D eigenvalue weighted by atomic mass is 32.2. The molecule has 2 aliphatic rings. The van der Waals surface area contributed by atoms with Gasteiger partial charge in [-0.2, -0.15) is 4.31 Å². The molecule has 0 saturated carbocycles. The van der Waals surface area contributed by atoms with Crippen LogP contribution in [0.25, 0.3) is 11.0 Å². The molecule has 2 aliphatic heterocycles. The summed E-state index contributed by atoms with van der Waals surface area (Å²) in [5.74, 6) is -0.150. The zero-order valence-corrected chi connectivity index (χ0v) is 28.2. The number of nitrogens with one attached hydrogen (secondary N) is 2. The Balaban J connectivity index is 1.34. The van der Waals surface area contributed by atoms with Gasteiger partial charge in [0, 0.05) is 18.5 Å². The van der Waals surface area contributed by atoms with E-state index in [0.717, 1.165) is 5.56 Å². The molecule has 0 bridgehead atoms. The van der Waals surface area contributed by atoms with Crippen LogP contribution in [0, 0.1) is 11.8 Å². The summed E-state index contributed by atoms with van der Waals surface area (Å²) in [6.45, 7) is 6.40. The Bertz CT molecular complexity index is 1630. The first-order valence-electron chi connectivity index (χ1n) is 16.3. The Morgan fingerprint density at radius 3 is 2.65 bits per heavy atom. The minimum Gasteiger partial charge on any atom is -0.450 e. The summed E-state index contributed by atoms with van der Waals surface area (Å²) in [5, 5.41) is 21.4. The first-order valence-corrected chi connectivity index (χ1v) is 17.7. The summed E-state index contributed by atoms with van der Waals surface area (Å²) < 4.78 is 56.7. The van der Waals surface area contributed by atoms with Crippen LogP contribution in [-0.4, -0.2) is 92.6 Å². The second kappa shape index (κ2) is 16.1. The van der Waals surface area contributed by atoms with Crippen LogP contribution in [0.5, 0.6) is 0 Å². The molecular weight excluding hydrogens is 644 g/mol. The van der Waals surface area contributed by atoms with E-state index in [2.05, 4.69) is 15.8 Å². The minimum absolute atomic E-state index is 0.0299. The van der Waals surface area contributed by atoms with Crippen molar-refractivity contribution in [2.24, 2.45) is 11.8 Å². The number of carbonyl (C=O) groups is 2. The summed E-state index contributed by atoms with van der Waals surface area (Å²) in [6.07, 6.45) is -1.92. The van der Waals surface area contributed by atoms with Crippen LogP contribution in [0.4, 0.5) is 9.59 Å². The molecule has 48 heavy (non-hydrogen) atoms. The number of fused-ring (bicyclic) bond motifs is 2. The van der Waals surface area contributed by atoms with Crippen molar-refractivity contribution < 1.29 is 46.6 Å². The molecule has 14 nitrogen and oxygen atoms in total. The van der Waals surface area contributed by atoms with E-state index >= 15 is 0 Å². The average molecular weight is 689 g/mol. The number of carbonyl (C=O) groups excluding carboxylic acids is 2. The second-order valence-electron chi connectivity index (χ2n) is 12.5. The van der Waals surface area contributed by atoms with Gasteiger partial charge in [0.15, 0.2) is 11.9 Å². The van der Waals surface area contributed by atoms with Crippen molar-refractivity contribution in [2.75, 3.05) is 32.9 Å². The molecular formula is C33H44N4O10S. The molecule has 5 atom stereocenters. The van der Waals surface area contributed by atoms with Crippen LogP contribution in [-0.2, 0) is 41.9 Å². The third-order valence-electron chi connectivity index (χ3n) is 8.26. The quantitative estimate of drug-likeness (QED) is 0.213. The largest absolute Gasteiger partial charge is 0.450 e. The van der Waals surface area contributed by atoms with E-state index < -0.39 is 46.7 Å². The molecule has 5 rings (SSSR count). The second-order valence-corrected chi connectivity index (χ2v) is 14.4. The monoisotopic (exact) mass is 688 g/mol. The van der Waals surface area contributed by atoms with Gasteiger partial charge in [0.25, 0.3) is 0 Å². The molecule has 0 radical (unpaired) electrons. The predicted octanol–water partition coefficient (Wildman–Crippen LogP) is 3.57. The summed E-state index contributed by atoms with van der Waals surface area (Å²) in [6, 6.07) is 12.8. The standard InChI is InChI=1S/C33H44N4O10S/c1-4-13-44-32(39)34-17-27-25-16-23(10-11-29(25)47-36-27)48(41,42)37(18-21(2)3)19-28(38)26(15-22-8-6-5-7-9-22)35-33(40)46-30-20-45-31-24(30)12-14-43-31/h5-11,16,21,24,26,28,30-31,38H,4,12-15,17-20H2,1-3H3,(H,34,39)(H,35,40)/t24-,26-,28+,30-,31+/m0/s1. The van der Waals surface area contributed by atoms with Gasteiger partial charge in [0.2, 0.25) is 10.0 Å². The molecule has 1 aromatic heterocycles. The van der Waals surface area contributed by atoms with Gasteiger partial charge in [0.05, 0.1) is 49.3 Å². The predicted molar refractivity (Wildman–Crippen MR) is 173 cm³/mol. The van der Waals surface area contributed by atoms with Gasteiger partial charge < -0.3 is 39.2 Å². The summed E-state index contributed by atoms with van der Waals surface area (Å²) in [7, 11) is -4.17. The molecule has 0 aliphatic carbocycles. The Morgan fingerprint density at radius 2 is 1.90 bits per heavy atom. The van der Waals surface area contributed by atoms with E-state index in [9.17, 15) is 23.1 Å². The number of rotatable bonds is 15. The van der Waals surface area contributed by atoms with Crippen molar-refractivity contribution in [2.45, 2.75) is 76.0 Å². The zero-order valence-electron chi connectivity index (χ0n) is 27.4. The zero-order chi connectivity index (χ0) is 34.3. The molecule has 2 fully saturated rings. The molecule has 2 aromatic carbocycles. The number of aliphatic hydroxyl groups excluding tert-OH is 1. The first kappa shape index (κ1) is 35.5. The lowest BCUT2D eigenvalue weighted by Gasteiger charge is -2.31. The smallest absolute Gasteiger partial charge is 0.407 e. The topological polar surface area (TPSA) is 179 Å². The Labute approximate surface area is 280 Å². The molecule has 3 aromatic rings. The van der Waals surface area contributed by atoms with Crippen molar-refractivity contribution in [3.63, 3.8) is 0 Å². The maximum absolute atomic E-state index is 14.1. The maximum Gasteiger partial charge on any atom is 0.407 e. The van der Waals surface area contributed by atoms with Crippen molar-refractivity contribution in [1.82, 2.24) is 20.1 Å². The van der Waals surface area contributed by atoms with E-state index in [4.69, 9.17) is 23.5 Å². The minimum atomic E-state index is -4.17. The third kappa shape index (κ3) is 8.82. The van der Waals surface area contributed by atoms with Crippen molar-refractivity contribution in [1.29, 1.82) is 0 Å². The molecule has 262 valence electrons. The van der Waals surface area contributed by atoms with Crippen LogP contribution < -0.4 is 10.6 Å². The lowest BCUT2D eigenvalue weighted by atomic mass is 10.0. The lowest BCUT2D eigenvalue weighted by molar-refractivity contribution is -0.0907. The number of benzene rings is 2. The van der Waals surface area contributed by atoms with Crippen LogP contribution >= 0.6 is 0 Å². The van der Waals surface area contributed by atoms with E-state index in [1.807, 2.05) is 51.1 Å². The van der Waals surface area contributed by atoms with Crippen molar-refractivity contribution in [3.8, 4) is 0 Å². The van der Waals surface area contributed by atoms with Gasteiger partial charge >= 0.3 is 12.2 Å². The van der Waals surface area contributed by atoms with Gasteiger partial charge in [-0.1, -0.05) is 56.3 Å². The molecule has 15 heteroatoms. The fourth-order valence-corrected chi connectivity index (χ4v) is 7.49. The van der Waals surface area contributed by atoms with E-state index in [-0.39, 0.29) is 56.0 Å². The number of ether oxygens (including phenoxy) is 4. The van der Waals surface area contributed by atoms with E-state index in [0.29, 0.717) is 36.1 Å². The Morgan fingerprint density at radius 1 is 1.10 bits per heavy atom. The number of nitrogens with zero attached hydrogens (tertiary/aromatic N) is 2. The normalized spacial score (nSPS) is 20.5. The number of alkyl carbamates (subject to hydrolysis) is 2. The van der Waals surface area contributed by atoms with Gasteiger partial charge in [-0.15, -0.1) is 0 Å². The first-order chi connectivity index (χ1) is 23.0. The fraction of sp³-hybridized carbons (Fsp3) is 0.545. The molecule has 3 N–H and O–H groups in total. The van der Waals surface area contributed by atoms with Crippen LogP contribution in [0.1, 0.15) is 44.9 Å². The molecule has 2 saturated heterocycles. The van der Waals surface area contributed by atoms with Crippen LogP contribution in [0.2, 0.25) is 0 Å². The SMILES string of the molecule is CCCOC(=O)NCc1noc2ccc(S(=O)(=O)N(CC(C)C)C[C@@H](O)[C@H](Cc3ccccc3)NC(=O)O[C@H]3CO[C@H]4OCC[C@H]43)cc12. The number of aliphatic hydroxyl groups is 1. The van der Waals surface area contributed by atoms with Gasteiger partial charge in [-0.25, -0.2) is 18.0 Å². The lowest BCUT2D eigenvalue weighted by Crippen LogP contribution is -2.51. The molecule has 2 amide bonds. The van der Waals surface area contributed by atoms with E-state index in [1.54, 1.807) is 0 Å². The number of amides is 2. The maximum atomic E-state index is 14.1. The van der Waals surface area contributed by atoms with Gasteiger partial charge in [-0.3, -0.25) is 0 Å². The number of hydrogen-bond donors (Lipinski definition) is 3. The molecule has 0 unspecified atom stereocenters. The van der Waals surface area contributed by atoms with Crippen LogP contribution in [0.15, 0.2) is 57.9 Å². The number of sulfonamides is 1. The number of aromatic nitrogens is 1. The van der Waals surface area contributed by atoms with Crippen molar-refractivity contribution >= 4 is 33.2 Å². The Hall–Kier alpha value is -3.76. The highest BCUT2D eigenvalue weighted by molar-refractivity contribution is 7.89. The average Bonchev–Trinajstić information content (AvgIpc) is 3.79. The summed E-state index contributed by atoms with van der Waals surface area (Å²) in [5.41, 5.74) is 1.52. The third-order valence-corrected chi connectivity index (χ3v) is 10.1. The molecule has 0 spiro atoms. The van der Waals surface area contributed by atoms with Crippen LogP contribution in [0.3, 0.4) is 0 Å². The fourth-order valence-electron chi connectivity index (χ4n) is 5.84. The highest BCUT2D eigenvalue weighted by Crippen LogP contribution is 2.33. The van der Waals surface area contributed by atoms with E-state index in [1.165, 1.54) is 22.5 Å². The number of hydrogen-bond acceptors (Lipinski definition) is 11. The summed E-state index contributed by atoms with van der Waals surface area (Å²) in [4.78, 5) is 25.1. The van der Waals surface area contributed by atoms with Crippen molar-refractivity contribution in [3.05, 3.63) is 59.8 Å².